The lowest BCUT2D eigenvalue weighted by atomic mass is 10.2. The predicted molar refractivity (Wildman–Crippen MR) is 129 cm³/mol. The third kappa shape index (κ3) is 5.45. The number of aromatic nitrogens is 2. The van der Waals surface area contributed by atoms with Crippen molar-refractivity contribution < 1.29 is 14.0 Å². The fourth-order valence-electron chi connectivity index (χ4n) is 3.42. The maximum Gasteiger partial charge on any atom is 0.272 e. The summed E-state index contributed by atoms with van der Waals surface area (Å²) in [4.78, 5) is 42.3. The molecule has 2 amide bonds. The molecule has 1 aliphatic heterocycles. The van der Waals surface area contributed by atoms with Crippen LogP contribution >= 0.6 is 23.5 Å². The lowest BCUT2D eigenvalue weighted by molar-refractivity contribution is -0.114. The number of thioether (sulfide) groups is 2. The van der Waals surface area contributed by atoms with E-state index in [-0.39, 0.29) is 28.4 Å². The van der Waals surface area contributed by atoms with Crippen LogP contribution in [-0.4, -0.2) is 32.4 Å². The summed E-state index contributed by atoms with van der Waals surface area (Å²) in [6.45, 7) is 3.44. The first kappa shape index (κ1) is 23.1. The molecule has 0 aliphatic carbocycles. The molecule has 0 spiro atoms. The molecule has 3 aromatic rings. The van der Waals surface area contributed by atoms with Crippen LogP contribution in [0.5, 0.6) is 0 Å². The van der Waals surface area contributed by atoms with Gasteiger partial charge in [-0.15, -0.1) is 11.8 Å². The molecule has 1 atom stereocenters. The second kappa shape index (κ2) is 9.80. The van der Waals surface area contributed by atoms with Gasteiger partial charge in [-0.2, -0.15) is 0 Å². The van der Waals surface area contributed by atoms with Gasteiger partial charge in [-0.3, -0.25) is 19.0 Å². The summed E-state index contributed by atoms with van der Waals surface area (Å²) in [7, 11) is 0. The van der Waals surface area contributed by atoms with E-state index in [1.807, 2.05) is 6.92 Å². The van der Waals surface area contributed by atoms with Gasteiger partial charge in [0.2, 0.25) is 11.8 Å². The number of anilines is 2. The van der Waals surface area contributed by atoms with Crippen molar-refractivity contribution in [3.63, 3.8) is 0 Å². The van der Waals surface area contributed by atoms with Crippen molar-refractivity contribution in [1.29, 1.82) is 0 Å². The third-order valence-electron chi connectivity index (χ3n) is 4.77. The Bertz CT molecular complexity index is 1280. The Kier molecular flexibility index (Phi) is 6.85. The highest BCUT2D eigenvalue weighted by Gasteiger charge is 2.27. The quantitative estimate of drug-likeness (QED) is 0.404. The molecule has 170 valence electrons. The second-order valence-electron chi connectivity index (χ2n) is 7.52. The van der Waals surface area contributed by atoms with Gasteiger partial charge >= 0.3 is 0 Å². The zero-order valence-electron chi connectivity index (χ0n) is 17.9. The minimum Gasteiger partial charge on any atom is -0.326 e. The molecule has 0 radical (unpaired) electrons. The van der Waals surface area contributed by atoms with E-state index in [2.05, 4.69) is 15.6 Å². The van der Waals surface area contributed by atoms with E-state index >= 15 is 0 Å². The number of hydrogen-bond acceptors (Lipinski definition) is 6. The van der Waals surface area contributed by atoms with Crippen molar-refractivity contribution in [3.8, 4) is 5.69 Å². The van der Waals surface area contributed by atoms with Gasteiger partial charge in [0, 0.05) is 30.0 Å². The number of halogens is 1. The van der Waals surface area contributed by atoms with Gasteiger partial charge in [-0.25, -0.2) is 9.37 Å². The number of carbonyl (C=O) groups is 2. The molecule has 1 aromatic heterocycles. The highest BCUT2D eigenvalue weighted by atomic mass is 32.2. The van der Waals surface area contributed by atoms with E-state index in [4.69, 9.17) is 0 Å². The standard InChI is InChI=1S/C23H21FN4O3S2/c1-13-10-19-21(33-13)22(31)28(18-8-6-15(24)7-9-18)23(27-19)32-12-20(30)26-17-5-3-4-16(11-17)25-14(2)29/h3-9,11,13H,10,12H2,1-2H3,(H,25,29)(H,26,30). The van der Waals surface area contributed by atoms with Crippen LogP contribution < -0.4 is 16.2 Å². The summed E-state index contributed by atoms with van der Waals surface area (Å²) in [5.74, 6) is -0.885. The molecule has 0 fully saturated rings. The Balaban J connectivity index is 1.56. The fourth-order valence-corrected chi connectivity index (χ4v) is 5.35. The van der Waals surface area contributed by atoms with Crippen molar-refractivity contribution >= 4 is 46.7 Å². The van der Waals surface area contributed by atoms with Crippen molar-refractivity contribution in [2.75, 3.05) is 16.4 Å². The summed E-state index contributed by atoms with van der Waals surface area (Å²) >= 11 is 2.62. The number of nitrogens with zero attached hydrogens (tertiary/aromatic N) is 2. The van der Waals surface area contributed by atoms with Crippen LogP contribution in [0.1, 0.15) is 19.5 Å². The number of carbonyl (C=O) groups excluding carboxylic acids is 2. The number of nitrogens with one attached hydrogen (secondary N) is 2. The van der Waals surface area contributed by atoms with Crippen LogP contribution in [-0.2, 0) is 16.0 Å². The summed E-state index contributed by atoms with van der Waals surface area (Å²) in [5.41, 5.74) is 2.11. The summed E-state index contributed by atoms with van der Waals surface area (Å²) in [5, 5.41) is 6.07. The van der Waals surface area contributed by atoms with Gasteiger partial charge in [0.15, 0.2) is 5.16 Å². The SMILES string of the molecule is CC(=O)Nc1cccc(NC(=O)CSc2nc3c(c(=O)n2-c2ccc(F)cc2)SC(C)C3)c1. The molecule has 0 bridgehead atoms. The minimum absolute atomic E-state index is 0.0134. The Morgan fingerprint density at radius 3 is 2.58 bits per heavy atom. The zero-order chi connectivity index (χ0) is 23.5. The molecular weight excluding hydrogens is 463 g/mol. The Hall–Kier alpha value is -3.11. The molecule has 0 saturated carbocycles. The highest BCUT2D eigenvalue weighted by molar-refractivity contribution is 8.00. The van der Waals surface area contributed by atoms with E-state index in [1.54, 1.807) is 24.3 Å². The largest absolute Gasteiger partial charge is 0.326 e. The first-order valence-corrected chi connectivity index (χ1v) is 12.1. The van der Waals surface area contributed by atoms with Crippen molar-refractivity contribution in [1.82, 2.24) is 9.55 Å². The van der Waals surface area contributed by atoms with Gasteiger partial charge in [0.05, 0.1) is 22.0 Å². The van der Waals surface area contributed by atoms with E-state index in [0.29, 0.717) is 33.5 Å². The topological polar surface area (TPSA) is 93.1 Å². The first-order chi connectivity index (χ1) is 15.8. The number of fused-ring (bicyclic) bond motifs is 1. The lowest BCUT2D eigenvalue weighted by Crippen LogP contribution is -2.24. The number of amides is 2. The third-order valence-corrected chi connectivity index (χ3v) is 6.92. The van der Waals surface area contributed by atoms with Crippen LogP contribution in [0.25, 0.3) is 5.69 Å². The van der Waals surface area contributed by atoms with Gasteiger partial charge < -0.3 is 10.6 Å². The van der Waals surface area contributed by atoms with Crippen molar-refractivity contribution in [2.45, 2.75) is 35.6 Å². The van der Waals surface area contributed by atoms with Crippen LogP contribution in [0.2, 0.25) is 0 Å². The predicted octanol–water partition coefficient (Wildman–Crippen LogP) is 4.10. The Morgan fingerprint density at radius 1 is 1.18 bits per heavy atom. The fraction of sp³-hybridized carbons (Fsp3) is 0.217. The van der Waals surface area contributed by atoms with Gasteiger partial charge in [-0.05, 0) is 42.5 Å². The number of benzene rings is 2. The summed E-state index contributed by atoms with van der Waals surface area (Å²) in [6.07, 6.45) is 0.676. The number of hydrogen-bond donors (Lipinski definition) is 2. The molecule has 2 aromatic carbocycles. The second-order valence-corrected chi connectivity index (χ2v) is 9.91. The van der Waals surface area contributed by atoms with Crippen LogP contribution in [0, 0.1) is 5.82 Å². The monoisotopic (exact) mass is 484 g/mol. The van der Waals surface area contributed by atoms with Crippen molar-refractivity contribution in [3.05, 3.63) is 70.4 Å². The van der Waals surface area contributed by atoms with E-state index < -0.39 is 5.82 Å². The highest BCUT2D eigenvalue weighted by Crippen LogP contribution is 2.35. The molecule has 2 heterocycles. The number of rotatable bonds is 6. The van der Waals surface area contributed by atoms with Gasteiger partial charge in [0.1, 0.15) is 5.82 Å². The molecule has 2 N–H and O–H groups in total. The normalized spacial score (nSPS) is 14.6. The first-order valence-electron chi connectivity index (χ1n) is 10.2. The molecular formula is C23H21FN4O3S2. The molecule has 7 nitrogen and oxygen atoms in total. The van der Waals surface area contributed by atoms with Crippen molar-refractivity contribution in [2.24, 2.45) is 0 Å². The molecule has 10 heteroatoms. The maximum absolute atomic E-state index is 13.4. The van der Waals surface area contributed by atoms with E-state index in [9.17, 15) is 18.8 Å². The minimum atomic E-state index is -0.404. The Morgan fingerprint density at radius 2 is 1.88 bits per heavy atom. The zero-order valence-corrected chi connectivity index (χ0v) is 19.6. The maximum atomic E-state index is 13.4. The van der Waals surface area contributed by atoms with Crippen LogP contribution in [0.3, 0.4) is 0 Å². The van der Waals surface area contributed by atoms with Gasteiger partial charge in [-0.1, -0.05) is 24.8 Å². The van der Waals surface area contributed by atoms with Crippen LogP contribution in [0.15, 0.2) is 63.4 Å². The molecule has 1 aliphatic rings. The van der Waals surface area contributed by atoms with Crippen LogP contribution in [0.4, 0.5) is 15.8 Å². The average molecular weight is 485 g/mol. The molecule has 33 heavy (non-hydrogen) atoms. The lowest BCUT2D eigenvalue weighted by Gasteiger charge is -2.14. The smallest absolute Gasteiger partial charge is 0.272 e. The summed E-state index contributed by atoms with van der Waals surface area (Å²) in [6, 6.07) is 12.4. The molecule has 0 saturated heterocycles. The van der Waals surface area contributed by atoms with E-state index in [1.165, 1.54) is 47.5 Å². The average Bonchev–Trinajstić information content (AvgIpc) is 3.14. The Labute approximate surface area is 198 Å². The molecule has 1 unspecified atom stereocenters. The van der Waals surface area contributed by atoms with E-state index in [0.717, 1.165) is 17.5 Å². The van der Waals surface area contributed by atoms with Gasteiger partial charge in [0.25, 0.3) is 5.56 Å². The summed E-state index contributed by atoms with van der Waals surface area (Å²) < 4.78 is 14.9. The molecule has 4 rings (SSSR count).